The first-order valence-electron chi connectivity index (χ1n) is 6.07. The molecule has 5 nitrogen and oxygen atoms in total. The van der Waals surface area contributed by atoms with Gasteiger partial charge in [-0.1, -0.05) is 5.16 Å². The first-order chi connectivity index (χ1) is 7.83. The number of likely N-dealkylation sites (tertiary alicyclic amines) is 1. The summed E-state index contributed by atoms with van der Waals surface area (Å²) in [6.45, 7) is 6.12. The Morgan fingerprint density at radius 3 is 3.25 bits per heavy atom. The Kier molecular flexibility index (Phi) is 2.65. The molecule has 2 aliphatic rings. The molecule has 1 aromatic rings. The smallest absolute Gasteiger partial charge is 0.223 e. The van der Waals surface area contributed by atoms with Crippen LogP contribution in [0.15, 0.2) is 4.52 Å². The molecule has 3 heterocycles. The fourth-order valence-corrected chi connectivity index (χ4v) is 2.95. The third-order valence-corrected chi connectivity index (χ3v) is 3.71. The summed E-state index contributed by atoms with van der Waals surface area (Å²) in [6.07, 6.45) is 2.65. The van der Waals surface area contributed by atoms with Crippen LogP contribution in [0.4, 0.5) is 0 Å². The van der Waals surface area contributed by atoms with Crippen molar-refractivity contribution in [1.82, 2.24) is 20.4 Å². The highest BCUT2D eigenvalue weighted by molar-refractivity contribution is 4.94. The van der Waals surface area contributed by atoms with E-state index >= 15 is 0 Å². The minimum atomic E-state index is 0.660. The molecule has 0 spiro atoms. The van der Waals surface area contributed by atoms with E-state index in [1.54, 1.807) is 0 Å². The summed E-state index contributed by atoms with van der Waals surface area (Å²) in [7, 11) is 0. The fraction of sp³-hybridized carbons (Fsp3) is 0.818. The van der Waals surface area contributed by atoms with Crippen molar-refractivity contribution in [3.05, 3.63) is 11.7 Å². The van der Waals surface area contributed by atoms with Crippen molar-refractivity contribution in [2.24, 2.45) is 5.92 Å². The minimum absolute atomic E-state index is 0.660. The number of aryl methyl sites for hydroxylation is 1. The molecule has 2 atom stereocenters. The molecule has 0 amide bonds. The largest absolute Gasteiger partial charge is 0.340 e. The zero-order chi connectivity index (χ0) is 11.0. The third kappa shape index (κ3) is 1.85. The number of aromatic nitrogens is 2. The van der Waals surface area contributed by atoms with Gasteiger partial charge in [-0.25, -0.2) is 0 Å². The lowest BCUT2D eigenvalue weighted by atomic mass is 9.92. The molecule has 2 aliphatic heterocycles. The van der Waals surface area contributed by atoms with Gasteiger partial charge in [-0.3, -0.25) is 4.90 Å². The number of fused-ring (bicyclic) bond motifs is 1. The average Bonchev–Trinajstić information content (AvgIpc) is 2.87. The number of nitrogens with one attached hydrogen (secondary N) is 1. The van der Waals surface area contributed by atoms with E-state index in [1.807, 2.05) is 6.92 Å². The van der Waals surface area contributed by atoms with Crippen molar-refractivity contribution >= 4 is 0 Å². The van der Waals surface area contributed by atoms with Crippen LogP contribution in [0.2, 0.25) is 0 Å². The van der Waals surface area contributed by atoms with E-state index in [1.165, 1.54) is 19.4 Å². The zero-order valence-corrected chi connectivity index (χ0v) is 9.65. The van der Waals surface area contributed by atoms with Crippen molar-refractivity contribution in [2.75, 3.05) is 19.6 Å². The molecule has 2 saturated heterocycles. The summed E-state index contributed by atoms with van der Waals surface area (Å²) in [5.74, 6) is 2.31. The average molecular weight is 222 g/mol. The predicted octanol–water partition coefficient (Wildman–Crippen LogP) is 0.562. The van der Waals surface area contributed by atoms with E-state index in [-0.39, 0.29) is 0 Å². The van der Waals surface area contributed by atoms with Crippen LogP contribution in [-0.2, 0) is 6.54 Å². The summed E-state index contributed by atoms with van der Waals surface area (Å²) in [5, 5.41) is 7.46. The van der Waals surface area contributed by atoms with Crippen LogP contribution in [0.3, 0.4) is 0 Å². The lowest BCUT2D eigenvalue weighted by Gasteiger charge is -2.36. The molecular formula is C11H18N4O. The molecule has 5 heteroatoms. The van der Waals surface area contributed by atoms with Crippen molar-refractivity contribution in [3.8, 4) is 0 Å². The Morgan fingerprint density at radius 2 is 2.44 bits per heavy atom. The Morgan fingerprint density at radius 1 is 1.50 bits per heavy atom. The van der Waals surface area contributed by atoms with E-state index in [4.69, 9.17) is 4.52 Å². The molecule has 3 rings (SSSR count). The Bertz CT molecular complexity index is 365. The monoisotopic (exact) mass is 222 g/mol. The van der Waals surface area contributed by atoms with Gasteiger partial charge >= 0.3 is 0 Å². The van der Waals surface area contributed by atoms with Gasteiger partial charge in [-0.05, 0) is 31.8 Å². The van der Waals surface area contributed by atoms with Crippen molar-refractivity contribution < 1.29 is 4.52 Å². The van der Waals surface area contributed by atoms with Crippen molar-refractivity contribution in [1.29, 1.82) is 0 Å². The molecule has 88 valence electrons. The molecule has 0 radical (unpaired) electrons. The van der Waals surface area contributed by atoms with Crippen LogP contribution in [0.25, 0.3) is 0 Å². The Balaban J connectivity index is 1.69. The van der Waals surface area contributed by atoms with E-state index in [9.17, 15) is 0 Å². The lowest BCUT2D eigenvalue weighted by Crippen LogP contribution is -2.44. The first-order valence-corrected chi connectivity index (χ1v) is 6.07. The molecule has 2 unspecified atom stereocenters. The van der Waals surface area contributed by atoms with Crippen LogP contribution < -0.4 is 5.32 Å². The summed E-state index contributed by atoms with van der Waals surface area (Å²) in [5.41, 5.74) is 0. The predicted molar refractivity (Wildman–Crippen MR) is 58.8 cm³/mol. The van der Waals surface area contributed by atoms with Crippen LogP contribution in [-0.4, -0.2) is 40.7 Å². The molecule has 2 fully saturated rings. The molecule has 0 aliphatic carbocycles. The van der Waals surface area contributed by atoms with Crippen molar-refractivity contribution in [3.63, 3.8) is 0 Å². The van der Waals surface area contributed by atoms with Gasteiger partial charge in [-0.2, -0.15) is 4.98 Å². The summed E-state index contributed by atoms with van der Waals surface area (Å²) in [4.78, 5) is 6.78. The van der Waals surface area contributed by atoms with Gasteiger partial charge in [0.2, 0.25) is 5.89 Å². The fourth-order valence-electron chi connectivity index (χ4n) is 2.95. The second-order valence-corrected chi connectivity index (χ2v) is 4.83. The second kappa shape index (κ2) is 4.14. The van der Waals surface area contributed by atoms with E-state index in [2.05, 4.69) is 20.4 Å². The van der Waals surface area contributed by atoms with E-state index in [0.717, 1.165) is 31.4 Å². The standard InChI is InChI=1S/C11H18N4O/c1-8-13-11(14-16-8)7-15-4-2-3-9-5-12-6-10(9)15/h9-10,12H,2-7H2,1H3. The maximum Gasteiger partial charge on any atom is 0.223 e. The summed E-state index contributed by atoms with van der Waals surface area (Å²) >= 11 is 0. The molecule has 0 bridgehead atoms. The molecule has 0 aromatic carbocycles. The van der Waals surface area contributed by atoms with Crippen LogP contribution in [0.5, 0.6) is 0 Å². The maximum absolute atomic E-state index is 5.01. The lowest BCUT2D eigenvalue weighted by molar-refractivity contribution is 0.113. The van der Waals surface area contributed by atoms with Gasteiger partial charge in [0.05, 0.1) is 6.54 Å². The van der Waals surface area contributed by atoms with E-state index < -0.39 is 0 Å². The normalized spacial score (nSPS) is 30.6. The first kappa shape index (κ1) is 10.2. The quantitative estimate of drug-likeness (QED) is 0.792. The summed E-state index contributed by atoms with van der Waals surface area (Å²) < 4.78 is 5.01. The SMILES string of the molecule is Cc1nc(CN2CCCC3CNCC32)no1. The second-order valence-electron chi connectivity index (χ2n) is 4.83. The highest BCUT2D eigenvalue weighted by Gasteiger charge is 2.35. The van der Waals surface area contributed by atoms with Gasteiger partial charge < -0.3 is 9.84 Å². The Hall–Kier alpha value is -0.940. The van der Waals surface area contributed by atoms with Crippen LogP contribution in [0.1, 0.15) is 24.6 Å². The number of piperidine rings is 1. The number of hydrogen-bond donors (Lipinski definition) is 1. The van der Waals surface area contributed by atoms with Gasteiger partial charge in [0.25, 0.3) is 0 Å². The highest BCUT2D eigenvalue weighted by atomic mass is 16.5. The maximum atomic E-state index is 5.01. The number of hydrogen-bond acceptors (Lipinski definition) is 5. The zero-order valence-electron chi connectivity index (χ0n) is 9.65. The molecule has 1 N–H and O–H groups in total. The molecule has 16 heavy (non-hydrogen) atoms. The molecule has 0 saturated carbocycles. The molecular weight excluding hydrogens is 204 g/mol. The third-order valence-electron chi connectivity index (χ3n) is 3.71. The van der Waals surface area contributed by atoms with Gasteiger partial charge in [0, 0.05) is 19.5 Å². The van der Waals surface area contributed by atoms with Gasteiger partial charge in [-0.15, -0.1) is 0 Å². The van der Waals surface area contributed by atoms with Crippen molar-refractivity contribution in [2.45, 2.75) is 32.4 Å². The number of rotatable bonds is 2. The van der Waals surface area contributed by atoms with Gasteiger partial charge in [0.1, 0.15) is 0 Å². The highest BCUT2D eigenvalue weighted by Crippen LogP contribution is 2.27. The Labute approximate surface area is 95.2 Å². The van der Waals surface area contributed by atoms with Crippen LogP contribution >= 0.6 is 0 Å². The van der Waals surface area contributed by atoms with Gasteiger partial charge in [0.15, 0.2) is 5.82 Å². The minimum Gasteiger partial charge on any atom is -0.340 e. The number of nitrogens with zero attached hydrogens (tertiary/aromatic N) is 3. The van der Waals surface area contributed by atoms with E-state index in [0.29, 0.717) is 11.9 Å². The van der Waals surface area contributed by atoms with Crippen LogP contribution in [0, 0.1) is 12.8 Å². The molecule has 1 aromatic heterocycles. The summed E-state index contributed by atoms with van der Waals surface area (Å²) in [6, 6.07) is 0.674. The topological polar surface area (TPSA) is 54.2 Å².